The van der Waals surface area contributed by atoms with Crippen LogP contribution in [0.2, 0.25) is 0 Å². The summed E-state index contributed by atoms with van der Waals surface area (Å²) in [7, 11) is 0. The minimum Gasteiger partial charge on any atom is -0.484 e. The Hall–Kier alpha value is -2.82. The molecule has 0 unspecified atom stereocenters. The minimum atomic E-state index is -0.536. The Labute approximate surface area is 193 Å². The molecule has 2 aromatic carbocycles. The molecule has 2 rings (SSSR count). The standard InChI is InChI=1S/C27H38N2O3/c1-6-8-18-28-26(31)24(7-2)29(19-21-12-10-9-11-13-21)25(30)20-32-23-16-14-22(15-17-23)27(3,4)5/h9-17,24H,6-8,18-20H2,1-5H3,(H,28,31)/t24-/m0/s1. The highest BCUT2D eigenvalue weighted by Gasteiger charge is 2.28. The lowest BCUT2D eigenvalue weighted by molar-refractivity contribution is -0.143. The average Bonchev–Trinajstić information content (AvgIpc) is 2.78. The Bertz CT molecular complexity index is 841. The van der Waals surface area contributed by atoms with E-state index in [-0.39, 0.29) is 23.8 Å². The summed E-state index contributed by atoms with van der Waals surface area (Å²) in [5.74, 6) is 0.331. The summed E-state index contributed by atoms with van der Waals surface area (Å²) in [6.07, 6.45) is 2.46. The second kappa shape index (κ2) is 12.3. The molecule has 0 radical (unpaired) electrons. The Morgan fingerprint density at radius 2 is 1.66 bits per heavy atom. The summed E-state index contributed by atoms with van der Waals surface area (Å²) >= 11 is 0. The zero-order valence-electron chi connectivity index (χ0n) is 20.2. The van der Waals surface area contributed by atoms with Crippen molar-refractivity contribution in [1.82, 2.24) is 10.2 Å². The lowest BCUT2D eigenvalue weighted by Gasteiger charge is -2.30. The molecule has 0 aliphatic rings. The number of nitrogens with zero attached hydrogens (tertiary/aromatic N) is 1. The quantitative estimate of drug-likeness (QED) is 0.497. The highest BCUT2D eigenvalue weighted by Crippen LogP contribution is 2.24. The van der Waals surface area contributed by atoms with Crippen LogP contribution in [0.25, 0.3) is 0 Å². The maximum atomic E-state index is 13.2. The first kappa shape index (κ1) is 25.4. The second-order valence-electron chi connectivity index (χ2n) is 9.14. The first-order chi connectivity index (χ1) is 15.3. The number of carbonyl (C=O) groups is 2. The zero-order valence-corrected chi connectivity index (χ0v) is 20.2. The smallest absolute Gasteiger partial charge is 0.261 e. The number of benzene rings is 2. The van der Waals surface area contributed by atoms with Gasteiger partial charge in [0.2, 0.25) is 5.91 Å². The summed E-state index contributed by atoms with van der Waals surface area (Å²) in [4.78, 5) is 27.7. The molecule has 0 fully saturated rings. The molecule has 0 aliphatic carbocycles. The number of rotatable bonds is 11. The van der Waals surface area contributed by atoms with Gasteiger partial charge in [0.1, 0.15) is 11.8 Å². The molecule has 0 heterocycles. The van der Waals surface area contributed by atoms with E-state index in [2.05, 4.69) is 33.0 Å². The van der Waals surface area contributed by atoms with Crippen LogP contribution >= 0.6 is 0 Å². The largest absolute Gasteiger partial charge is 0.484 e. The van der Waals surface area contributed by atoms with E-state index in [9.17, 15) is 9.59 Å². The Morgan fingerprint density at radius 1 is 1.00 bits per heavy atom. The lowest BCUT2D eigenvalue weighted by Crippen LogP contribution is -2.50. The van der Waals surface area contributed by atoms with E-state index in [1.807, 2.05) is 61.5 Å². The summed E-state index contributed by atoms with van der Waals surface area (Å²) in [5, 5.41) is 2.98. The maximum absolute atomic E-state index is 13.2. The SMILES string of the molecule is CCCCNC(=O)[C@H](CC)N(Cc1ccccc1)C(=O)COc1ccc(C(C)(C)C)cc1. The van der Waals surface area contributed by atoms with Gasteiger partial charge >= 0.3 is 0 Å². The summed E-state index contributed by atoms with van der Waals surface area (Å²) < 4.78 is 5.80. The van der Waals surface area contributed by atoms with Gasteiger partial charge in [-0.15, -0.1) is 0 Å². The molecule has 0 spiro atoms. The van der Waals surface area contributed by atoms with Gasteiger partial charge in [0, 0.05) is 13.1 Å². The van der Waals surface area contributed by atoms with Crippen LogP contribution in [0.3, 0.4) is 0 Å². The van der Waals surface area contributed by atoms with E-state index in [4.69, 9.17) is 4.74 Å². The predicted molar refractivity (Wildman–Crippen MR) is 130 cm³/mol. The van der Waals surface area contributed by atoms with E-state index >= 15 is 0 Å². The number of ether oxygens (including phenoxy) is 1. The van der Waals surface area contributed by atoms with Crippen LogP contribution in [0, 0.1) is 0 Å². The van der Waals surface area contributed by atoms with Crippen LogP contribution in [0.5, 0.6) is 5.75 Å². The molecule has 0 aromatic heterocycles. The summed E-state index contributed by atoms with van der Waals surface area (Å²) in [6.45, 7) is 11.4. The molecule has 2 amide bonds. The molecule has 1 N–H and O–H groups in total. The lowest BCUT2D eigenvalue weighted by atomic mass is 9.87. The van der Waals surface area contributed by atoms with Crippen LogP contribution in [0.1, 0.15) is 65.0 Å². The molecule has 0 saturated carbocycles. The third kappa shape index (κ3) is 7.70. The first-order valence-electron chi connectivity index (χ1n) is 11.6. The zero-order chi connectivity index (χ0) is 23.6. The van der Waals surface area contributed by atoms with Crippen LogP contribution < -0.4 is 10.1 Å². The monoisotopic (exact) mass is 438 g/mol. The minimum absolute atomic E-state index is 0.0559. The van der Waals surface area contributed by atoms with E-state index in [1.165, 1.54) is 5.56 Å². The number of unbranched alkanes of at least 4 members (excludes halogenated alkanes) is 1. The molecular weight excluding hydrogens is 400 g/mol. The van der Waals surface area contributed by atoms with Crippen LogP contribution in [0.15, 0.2) is 54.6 Å². The molecule has 5 heteroatoms. The molecule has 1 atom stereocenters. The van der Waals surface area contributed by atoms with Crippen molar-refractivity contribution < 1.29 is 14.3 Å². The van der Waals surface area contributed by atoms with Gasteiger partial charge in [0.15, 0.2) is 6.61 Å². The molecule has 0 bridgehead atoms. The maximum Gasteiger partial charge on any atom is 0.261 e. The van der Waals surface area contributed by atoms with Gasteiger partial charge in [-0.25, -0.2) is 0 Å². The topological polar surface area (TPSA) is 58.6 Å². The first-order valence-corrected chi connectivity index (χ1v) is 11.6. The predicted octanol–water partition coefficient (Wildman–Crippen LogP) is 5.09. The number of amides is 2. The molecule has 5 nitrogen and oxygen atoms in total. The van der Waals surface area contributed by atoms with Gasteiger partial charge in [-0.3, -0.25) is 9.59 Å². The molecular formula is C27H38N2O3. The second-order valence-corrected chi connectivity index (χ2v) is 9.14. The summed E-state index contributed by atoms with van der Waals surface area (Å²) in [6, 6.07) is 17.0. The Kier molecular flexibility index (Phi) is 9.76. The molecule has 174 valence electrons. The molecule has 32 heavy (non-hydrogen) atoms. The van der Waals surface area contributed by atoms with E-state index in [1.54, 1.807) is 4.90 Å². The van der Waals surface area contributed by atoms with Crippen molar-refractivity contribution in [2.45, 2.75) is 71.9 Å². The van der Waals surface area contributed by atoms with Crippen molar-refractivity contribution in [2.75, 3.05) is 13.2 Å². The number of hydrogen-bond donors (Lipinski definition) is 1. The van der Waals surface area contributed by atoms with Crippen molar-refractivity contribution in [3.8, 4) is 5.75 Å². The number of hydrogen-bond acceptors (Lipinski definition) is 3. The fourth-order valence-electron chi connectivity index (χ4n) is 3.48. The molecule has 0 aliphatic heterocycles. The highest BCUT2D eigenvalue weighted by molar-refractivity contribution is 5.88. The van der Waals surface area contributed by atoms with Crippen molar-refractivity contribution in [3.63, 3.8) is 0 Å². The van der Waals surface area contributed by atoms with E-state index < -0.39 is 6.04 Å². The molecule has 2 aromatic rings. The fraction of sp³-hybridized carbons (Fsp3) is 0.481. The van der Waals surface area contributed by atoms with Crippen molar-refractivity contribution in [3.05, 3.63) is 65.7 Å². The van der Waals surface area contributed by atoms with Crippen LogP contribution in [0.4, 0.5) is 0 Å². The third-order valence-electron chi connectivity index (χ3n) is 5.49. The van der Waals surface area contributed by atoms with E-state index in [0.717, 1.165) is 18.4 Å². The van der Waals surface area contributed by atoms with Gasteiger partial charge in [-0.05, 0) is 41.5 Å². The Morgan fingerprint density at radius 3 is 2.22 bits per heavy atom. The average molecular weight is 439 g/mol. The van der Waals surface area contributed by atoms with Gasteiger partial charge in [-0.1, -0.05) is 83.5 Å². The van der Waals surface area contributed by atoms with Gasteiger partial charge in [0.05, 0.1) is 0 Å². The number of carbonyl (C=O) groups excluding carboxylic acids is 2. The van der Waals surface area contributed by atoms with Gasteiger partial charge in [-0.2, -0.15) is 0 Å². The van der Waals surface area contributed by atoms with E-state index in [0.29, 0.717) is 25.3 Å². The van der Waals surface area contributed by atoms with Crippen LogP contribution in [-0.4, -0.2) is 35.9 Å². The highest BCUT2D eigenvalue weighted by atomic mass is 16.5. The van der Waals surface area contributed by atoms with Crippen molar-refractivity contribution >= 4 is 11.8 Å². The Balaban J connectivity index is 2.12. The summed E-state index contributed by atoms with van der Waals surface area (Å²) in [5.41, 5.74) is 2.24. The van der Waals surface area contributed by atoms with Crippen LogP contribution in [-0.2, 0) is 21.5 Å². The third-order valence-corrected chi connectivity index (χ3v) is 5.49. The van der Waals surface area contributed by atoms with Crippen molar-refractivity contribution in [2.24, 2.45) is 0 Å². The van der Waals surface area contributed by atoms with Gasteiger partial charge in [0.25, 0.3) is 5.91 Å². The van der Waals surface area contributed by atoms with Gasteiger partial charge < -0.3 is 15.0 Å². The number of nitrogens with one attached hydrogen (secondary N) is 1. The fourth-order valence-corrected chi connectivity index (χ4v) is 3.48. The molecule has 0 saturated heterocycles. The normalized spacial score (nSPS) is 12.2. The van der Waals surface area contributed by atoms with Crippen molar-refractivity contribution in [1.29, 1.82) is 0 Å².